The van der Waals surface area contributed by atoms with E-state index in [9.17, 15) is 41.2 Å². The number of sulfone groups is 1. The van der Waals surface area contributed by atoms with Crippen molar-refractivity contribution in [3.63, 3.8) is 0 Å². The molecule has 3 rings (SSSR count). The highest BCUT2D eigenvalue weighted by molar-refractivity contribution is 7.90. The van der Waals surface area contributed by atoms with Crippen LogP contribution in [0, 0.1) is 11.3 Å². The van der Waals surface area contributed by atoms with Crippen LogP contribution in [-0.4, -0.2) is 63.4 Å². The number of rotatable bonds is 8. The quantitative estimate of drug-likeness (QED) is 0.461. The lowest BCUT2D eigenvalue weighted by Gasteiger charge is -2.41. The molecular formula is C27H27F3N4O6S. The number of allylic oxidation sites excluding steroid dienone is 1. The number of carbonyl (C=O) groups excluding carboxylic acids is 3. The van der Waals surface area contributed by atoms with E-state index in [1.165, 1.54) is 38.2 Å². The molecule has 0 saturated carbocycles. The highest BCUT2D eigenvalue weighted by atomic mass is 32.2. The van der Waals surface area contributed by atoms with E-state index in [0.29, 0.717) is 0 Å². The summed E-state index contributed by atoms with van der Waals surface area (Å²) < 4.78 is 68.6. The Morgan fingerprint density at radius 1 is 1.17 bits per heavy atom. The molecule has 0 spiro atoms. The van der Waals surface area contributed by atoms with Crippen molar-refractivity contribution in [2.24, 2.45) is 0 Å². The fourth-order valence-electron chi connectivity index (χ4n) is 4.39. The number of hydrogen-bond acceptors (Lipinski definition) is 7. The largest absolute Gasteiger partial charge is 0.463 e. The third-order valence-electron chi connectivity index (χ3n) is 6.29. The fourth-order valence-corrected chi connectivity index (χ4v) is 4.86. The molecule has 1 aliphatic rings. The molecule has 218 valence electrons. The third-order valence-corrected chi connectivity index (χ3v) is 7.23. The highest BCUT2D eigenvalue weighted by Crippen LogP contribution is 2.41. The molecule has 41 heavy (non-hydrogen) atoms. The van der Waals surface area contributed by atoms with Gasteiger partial charge in [0.15, 0.2) is 0 Å². The summed E-state index contributed by atoms with van der Waals surface area (Å²) >= 11 is 0. The van der Waals surface area contributed by atoms with Crippen LogP contribution in [0.15, 0.2) is 53.7 Å². The molecule has 14 heteroatoms. The molecule has 1 atom stereocenters. The summed E-state index contributed by atoms with van der Waals surface area (Å²) in [6.07, 6.45) is -3.69. The van der Waals surface area contributed by atoms with Crippen LogP contribution in [0.4, 0.5) is 23.7 Å². The summed E-state index contributed by atoms with van der Waals surface area (Å²) in [5.41, 5.74) is -1.21. The molecule has 0 fully saturated rings. The Morgan fingerprint density at radius 3 is 2.44 bits per heavy atom. The van der Waals surface area contributed by atoms with Crippen LogP contribution >= 0.6 is 0 Å². The van der Waals surface area contributed by atoms with Gasteiger partial charge in [-0.15, -0.1) is 0 Å². The van der Waals surface area contributed by atoms with Crippen molar-refractivity contribution in [1.29, 1.82) is 5.26 Å². The minimum atomic E-state index is -4.69. The van der Waals surface area contributed by atoms with Crippen molar-refractivity contribution in [1.82, 2.24) is 10.2 Å². The monoisotopic (exact) mass is 592 g/mol. The maximum Gasteiger partial charge on any atom is 0.416 e. The standard InChI is InChI=1S/C27H27F3N4O6S/c1-5-40-25(36)22-16(2)34(19-8-6-7-18(14-19)27(28,29)30)26(37)33(3)23(22)20-10-9-17(15-31)13-21(20)24(35)32-11-12-41(4,38)39/h6-10,13-14,23H,5,11-12H2,1-4H3,(H,32,35). The van der Waals surface area contributed by atoms with Crippen molar-refractivity contribution in [3.8, 4) is 6.07 Å². The fraction of sp³-hybridized carbons (Fsp3) is 0.333. The van der Waals surface area contributed by atoms with E-state index in [0.717, 1.165) is 34.3 Å². The number of hydrogen-bond donors (Lipinski definition) is 1. The van der Waals surface area contributed by atoms with Crippen molar-refractivity contribution >= 4 is 33.4 Å². The second-order valence-corrected chi connectivity index (χ2v) is 11.5. The van der Waals surface area contributed by atoms with Crippen LogP contribution in [0.2, 0.25) is 0 Å². The van der Waals surface area contributed by atoms with E-state index in [2.05, 4.69) is 5.32 Å². The third kappa shape index (κ3) is 6.86. The zero-order chi connectivity index (χ0) is 30.7. The van der Waals surface area contributed by atoms with E-state index in [1.807, 2.05) is 6.07 Å². The van der Waals surface area contributed by atoms with Gasteiger partial charge >= 0.3 is 18.2 Å². The average molecular weight is 593 g/mol. The number of anilines is 1. The van der Waals surface area contributed by atoms with Gasteiger partial charge in [0.05, 0.1) is 46.9 Å². The van der Waals surface area contributed by atoms with Crippen LogP contribution in [0.3, 0.4) is 0 Å². The number of halogens is 3. The molecular weight excluding hydrogens is 565 g/mol. The van der Waals surface area contributed by atoms with Crippen LogP contribution in [0.5, 0.6) is 0 Å². The van der Waals surface area contributed by atoms with E-state index in [1.54, 1.807) is 6.92 Å². The Bertz CT molecular complexity index is 1560. The van der Waals surface area contributed by atoms with Crippen LogP contribution in [-0.2, 0) is 25.5 Å². The minimum Gasteiger partial charge on any atom is -0.463 e. The van der Waals surface area contributed by atoms with Gasteiger partial charge in [-0.05, 0) is 49.7 Å². The Balaban J connectivity index is 2.22. The molecule has 10 nitrogen and oxygen atoms in total. The number of alkyl halides is 3. The van der Waals surface area contributed by atoms with Crippen molar-refractivity contribution in [2.45, 2.75) is 26.1 Å². The summed E-state index contributed by atoms with van der Waals surface area (Å²) in [5.74, 6) is -1.99. The first kappa shape index (κ1) is 31.2. The van der Waals surface area contributed by atoms with Crippen LogP contribution in [0.1, 0.15) is 46.9 Å². The number of amides is 3. The second kappa shape index (κ2) is 12.0. The molecule has 1 aliphatic heterocycles. The van der Waals surface area contributed by atoms with Crippen LogP contribution in [0.25, 0.3) is 0 Å². The summed E-state index contributed by atoms with van der Waals surface area (Å²) in [7, 11) is -2.10. The zero-order valence-corrected chi connectivity index (χ0v) is 23.4. The minimum absolute atomic E-state index is 0.0244. The summed E-state index contributed by atoms with van der Waals surface area (Å²) in [6, 6.07) is 7.90. The number of ether oxygens (including phenoxy) is 1. The van der Waals surface area contributed by atoms with Gasteiger partial charge in [0.25, 0.3) is 5.91 Å². The molecule has 3 amide bonds. The topological polar surface area (TPSA) is 137 Å². The molecule has 0 aliphatic carbocycles. The number of likely N-dealkylation sites (N-methyl/N-ethyl adjacent to an activating group) is 1. The van der Waals surface area contributed by atoms with Gasteiger partial charge in [0.1, 0.15) is 9.84 Å². The number of nitrogens with one attached hydrogen (secondary N) is 1. The normalized spacial score (nSPS) is 16.0. The maximum absolute atomic E-state index is 13.7. The lowest BCUT2D eigenvalue weighted by molar-refractivity contribution is -0.139. The number of carbonyl (C=O) groups is 3. The Hall–Kier alpha value is -4.38. The molecule has 1 heterocycles. The van der Waals surface area contributed by atoms with E-state index < -0.39 is 45.5 Å². The van der Waals surface area contributed by atoms with Gasteiger partial charge in [0, 0.05) is 31.1 Å². The molecule has 2 aromatic rings. The first-order chi connectivity index (χ1) is 19.1. The lowest BCUT2D eigenvalue weighted by atomic mass is 9.89. The predicted molar refractivity (Wildman–Crippen MR) is 142 cm³/mol. The van der Waals surface area contributed by atoms with Gasteiger partial charge in [-0.25, -0.2) is 18.0 Å². The number of esters is 1. The second-order valence-electron chi connectivity index (χ2n) is 9.20. The number of benzene rings is 2. The molecule has 2 aromatic carbocycles. The van der Waals surface area contributed by atoms with Gasteiger partial charge in [-0.3, -0.25) is 9.69 Å². The van der Waals surface area contributed by atoms with Crippen LogP contribution < -0.4 is 10.2 Å². The molecule has 0 radical (unpaired) electrons. The van der Waals surface area contributed by atoms with E-state index >= 15 is 0 Å². The maximum atomic E-state index is 13.7. The van der Waals surface area contributed by atoms with Crippen molar-refractivity contribution in [2.75, 3.05) is 37.1 Å². The molecule has 0 saturated heterocycles. The van der Waals surface area contributed by atoms with Crippen molar-refractivity contribution < 1.29 is 40.7 Å². The predicted octanol–water partition coefficient (Wildman–Crippen LogP) is 3.80. The van der Waals surface area contributed by atoms with Gasteiger partial charge in [-0.1, -0.05) is 12.1 Å². The summed E-state index contributed by atoms with van der Waals surface area (Å²) in [6.45, 7) is 2.62. The Morgan fingerprint density at radius 2 is 1.85 bits per heavy atom. The Kier molecular flexibility index (Phi) is 9.13. The van der Waals surface area contributed by atoms with Crippen molar-refractivity contribution in [3.05, 3.63) is 76.0 Å². The number of nitriles is 1. The summed E-state index contributed by atoms with van der Waals surface area (Å²) in [5, 5.41) is 11.9. The van der Waals surface area contributed by atoms with Gasteiger partial charge < -0.3 is 15.0 Å². The SMILES string of the molecule is CCOC(=O)C1=C(C)N(c2cccc(C(F)(F)F)c2)C(=O)N(C)C1c1ccc(C#N)cc1C(=O)NCCS(C)(=O)=O. The summed E-state index contributed by atoms with van der Waals surface area (Å²) in [4.78, 5) is 42.2. The average Bonchev–Trinajstić information content (AvgIpc) is 2.89. The zero-order valence-electron chi connectivity index (χ0n) is 22.6. The van der Waals surface area contributed by atoms with Gasteiger partial charge in [-0.2, -0.15) is 18.4 Å². The molecule has 1 unspecified atom stereocenters. The smallest absolute Gasteiger partial charge is 0.416 e. The molecule has 0 aromatic heterocycles. The van der Waals surface area contributed by atoms with E-state index in [4.69, 9.17) is 4.74 Å². The number of urea groups is 1. The first-order valence-electron chi connectivity index (χ1n) is 12.2. The first-order valence-corrected chi connectivity index (χ1v) is 14.3. The molecule has 1 N–H and O–H groups in total. The van der Waals surface area contributed by atoms with E-state index in [-0.39, 0.29) is 52.6 Å². The van der Waals surface area contributed by atoms with Gasteiger partial charge in [0.2, 0.25) is 0 Å². The lowest BCUT2D eigenvalue weighted by Crippen LogP contribution is -2.49. The highest BCUT2D eigenvalue weighted by Gasteiger charge is 2.43. The Labute approximate surface area is 234 Å². The molecule has 0 bridgehead atoms. The number of nitrogens with zero attached hydrogens (tertiary/aromatic N) is 3.